The molecule has 1 atom stereocenters. The largest absolute Gasteiger partial charge is 0.246 e. The minimum absolute atomic E-state index is 0.624. The Bertz CT molecular complexity index is 384. The molecular formula is C12H13NS. The van der Waals surface area contributed by atoms with Gasteiger partial charge < -0.3 is 0 Å². The van der Waals surface area contributed by atoms with Crippen LogP contribution in [0.25, 0.3) is 0 Å². The Morgan fingerprint density at radius 3 is 3.14 bits per heavy atom. The van der Waals surface area contributed by atoms with Crippen molar-refractivity contribution in [3.63, 3.8) is 0 Å². The Labute approximate surface area is 88.6 Å². The van der Waals surface area contributed by atoms with E-state index in [0.29, 0.717) is 5.92 Å². The van der Waals surface area contributed by atoms with Gasteiger partial charge in [-0.15, -0.1) is 11.8 Å². The van der Waals surface area contributed by atoms with Crippen LogP contribution in [0.4, 0.5) is 5.69 Å². The maximum absolute atomic E-state index is 4.71. The van der Waals surface area contributed by atoms with Gasteiger partial charge in [-0.1, -0.05) is 24.6 Å². The third-order valence-electron chi connectivity index (χ3n) is 2.98. The van der Waals surface area contributed by atoms with Crippen molar-refractivity contribution in [3.8, 4) is 0 Å². The van der Waals surface area contributed by atoms with Crippen molar-refractivity contribution in [2.24, 2.45) is 4.99 Å². The number of rotatable bonds is 0. The molecule has 2 heterocycles. The van der Waals surface area contributed by atoms with Gasteiger partial charge in [-0.05, 0) is 30.2 Å². The quantitative estimate of drug-likeness (QED) is 0.626. The van der Waals surface area contributed by atoms with Crippen molar-refractivity contribution in [1.29, 1.82) is 0 Å². The summed E-state index contributed by atoms with van der Waals surface area (Å²) in [6.07, 6.45) is 4.00. The van der Waals surface area contributed by atoms with Crippen LogP contribution in [0.2, 0.25) is 0 Å². The van der Waals surface area contributed by atoms with Crippen LogP contribution in [0.5, 0.6) is 0 Å². The van der Waals surface area contributed by atoms with Crippen LogP contribution in [-0.2, 0) is 0 Å². The molecule has 0 N–H and O–H groups in total. The second-order valence-electron chi connectivity index (χ2n) is 3.91. The van der Waals surface area contributed by atoms with Crippen LogP contribution < -0.4 is 0 Å². The molecule has 1 aromatic carbocycles. The van der Waals surface area contributed by atoms with E-state index in [9.17, 15) is 0 Å². The third kappa shape index (κ3) is 1.29. The second kappa shape index (κ2) is 3.43. The molecule has 72 valence electrons. The summed E-state index contributed by atoms with van der Waals surface area (Å²) in [5, 5.41) is 1.36. The van der Waals surface area contributed by atoms with Crippen molar-refractivity contribution >= 4 is 22.5 Å². The summed E-state index contributed by atoms with van der Waals surface area (Å²) in [6, 6.07) is 8.59. The van der Waals surface area contributed by atoms with Gasteiger partial charge >= 0.3 is 0 Å². The van der Waals surface area contributed by atoms with Crippen LogP contribution >= 0.6 is 11.8 Å². The monoisotopic (exact) mass is 203 g/mol. The summed E-state index contributed by atoms with van der Waals surface area (Å²) in [7, 11) is 0. The normalized spacial score (nSPS) is 24.9. The molecule has 0 amide bonds. The van der Waals surface area contributed by atoms with E-state index in [2.05, 4.69) is 24.3 Å². The number of aliphatic imine (C=N–C) groups is 1. The van der Waals surface area contributed by atoms with Crippen LogP contribution in [0, 0.1) is 0 Å². The molecule has 0 spiro atoms. The molecule has 0 bridgehead atoms. The standard InChI is InChI=1S/C12H13NS/c1-2-7-11-9(5-1)10-6-3-4-8-14-12(10)13-11/h1-2,5,7,10H,3-4,6,8H2. The highest BCUT2D eigenvalue weighted by Crippen LogP contribution is 2.43. The third-order valence-corrected chi connectivity index (χ3v) is 4.14. The average molecular weight is 203 g/mol. The first-order chi connectivity index (χ1) is 6.95. The van der Waals surface area contributed by atoms with Gasteiger partial charge in [-0.2, -0.15) is 0 Å². The predicted molar refractivity (Wildman–Crippen MR) is 62.6 cm³/mol. The van der Waals surface area contributed by atoms with E-state index in [-0.39, 0.29) is 0 Å². The Kier molecular flexibility index (Phi) is 2.09. The molecule has 0 aromatic heterocycles. The number of hydrogen-bond donors (Lipinski definition) is 0. The first-order valence-electron chi connectivity index (χ1n) is 5.25. The molecule has 1 unspecified atom stereocenters. The fourth-order valence-electron chi connectivity index (χ4n) is 2.25. The zero-order valence-corrected chi connectivity index (χ0v) is 8.89. The summed E-state index contributed by atoms with van der Waals surface area (Å²) in [6.45, 7) is 0. The predicted octanol–water partition coefficient (Wildman–Crippen LogP) is 3.73. The van der Waals surface area contributed by atoms with Crippen molar-refractivity contribution in [2.45, 2.75) is 25.2 Å². The molecule has 1 saturated heterocycles. The van der Waals surface area contributed by atoms with E-state index in [0.717, 1.165) is 0 Å². The molecular weight excluding hydrogens is 190 g/mol. The van der Waals surface area contributed by atoms with E-state index < -0.39 is 0 Å². The van der Waals surface area contributed by atoms with Gasteiger partial charge in [0, 0.05) is 5.92 Å². The molecule has 14 heavy (non-hydrogen) atoms. The number of hydrogen-bond acceptors (Lipinski definition) is 2. The van der Waals surface area contributed by atoms with Crippen LogP contribution in [0.15, 0.2) is 29.3 Å². The molecule has 0 aliphatic carbocycles. The minimum atomic E-state index is 0.624. The van der Waals surface area contributed by atoms with Crippen molar-refractivity contribution in [3.05, 3.63) is 29.8 Å². The highest BCUT2D eigenvalue weighted by molar-refractivity contribution is 8.14. The fraction of sp³-hybridized carbons (Fsp3) is 0.417. The second-order valence-corrected chi connectivity index (χ2v) is 5.02. The number of para-hydroxylation sites is 1. The smallest absolute Gasteiger partial charge is 0.0814 e. The Hall–Kier alpha value is -0.760. The SMILES string of the molecule is c1ccc2c(c1)N=C1SCCCCC12. The molecule has 2 heteroatoms. The first kappa shape index (κ1) is 8.54. The minimum Gasteiger partial charge on any atom is -0.246 e. The van der Waals surface area contributed by atoms with Crippen LogP contribution in [0.1, 0.15) is 30.7 Å². The molecule has 3 rings (SSSR count). The van der Waals surface area contributed by atoms with Gasteiger partial charge in [0.15, 0.2) is 0 Å². The average Bonchev–Trinajstić information content (AvgIpc) is 2.42. The van der Waals surface area contributed by atoms with Crippen LogP contribution in [0.3, 0.4) is 0 Å². The molecule has 2 aliphatic rings. The van der Waals surface area contributed by atoms with Gasteiger partial charge in [0.1, 0.15) is 0 Å². The first-order valence-corrected chi connectivity index (χ1v) is 6.24. The molecule has 0 saturated carbocycles. The molecule has 1 aromatic rings. The lowest BCUT2D eigenvalue weighted by molar-refractivity contribution is 0.706. The lowest BCUT2D eigenvalue weighted by atomic mass is 9.96. The summed E-state index contributed by atoms with van der Waals surface area (Å²) >= 11 is 1.96. The lowest BCUT2D eigenvalue weighted by Crippen LogP contribution is -2.02. The molecule has 2 aliphatic heterocycles. The van der Waals surface area contributed by atoms with E-state index >= 15 is 0 Å². The topological polar surface area (TPSA) is 12.4 Å². The van der Waals surface area contributed by atoms with Gasteiger partial charge in [0.05, 0.1) is 10.7 Å². The highest BCUT2D eigenvalue weighted by atomic mass is 32.2. The summed E-state index contributed by atoms with van der Waals surface area (Å²) in [4.78, 5) is 4.71. The number of nitrogens with zero attached hydrogens (tertiary/aromatic N) is 1. The maximum atomic E-state index is 4.71. The van der Waals surface area contributed by atoms with Gasteiger partial charge in [-0.3, -0.25) is 0 Å². The van der Waals surface area contributed by atoms with Crippen molar-refractivity contribution < 1.29 is 0 Å². The van der Waals surface area contributed by atoms with E-state index in [4.69, 9.17) is 4.99 Å². The summed E-state index contributed by atoms with van der Waals surface area (Å²) in [5.74, 6) is 1.88. The Balaban J connectivity index is 2.04. The molecule has 1 fully saturated rings. The van der Waals surface area contributed by atoms with Crippen molar-refractivity contribution in [2.75, 3.05) is 5.75 Å². The van der Waals surface area contributed by atoms with Gasteiger partial charge in [0.25, 0.3) is 0 Å². The molecule has 1 nitrogen and oxygen atoms in total. The zero-order chi connectivity index (χ0) is 9.38. The van der Waals surface area contributed by atoms with Gasteiger partial charge in [0.2, 0.25) is 0 Å². The lowest BCUT2D eigenvalue weighted by Gasteiger charge is -2.09. The highest BCUT2D eigenvalue weighted by Gasteiger charge is 2.28. The zero-order valence-electron chi connectivity index (χ0n) is 8.07. The van der Waals surface area contributed by atoms with E-state index in [1.807, 2.05) is 11.8 Å². The Morgan fingerprint density at radius 2 is 2.14 bits per heavy atom. The van der Waals surface area contributed by atoms with E-state index in [1.165, 1.54) is 41.3 Å². The fourth-order valence-corrected chi connectivity index (χ4v) is 3.42. The van der Waals surface area contributed by atoms with Crippen molar-refractivity contribution in [1.82, 2.24) is 0 Å². The summed E-state index contributed by atoms with van der Waals surface area (Å²) in [5.41, 5.74) is 2.67. The summed E-state index contributed by atoms with van der Waals surface area (Å²) < 4.78 is 0. The molecule has 0 radical (unpaired) electrons. The Morgan fingerprint density at radius 1 is 1.21 bits per heavy atom. The number of fused-ring (bicyclic) bond motifs is 3. The van der Waals surface area contributed by atoms with E-state index in [1.54, 1.807) is 0 Å². The van der Waals surface area contributed by atoms with Crippen LogP contribution in [-0.4, -0.2) is 10.8 Å². The van der Waals surface area contributed by atoms with Gasteiger partial charge in [-0.25, -0.2) is 4.99 Å². The number of benzene rings is 1. The maximum Gasteiger partial charge on any atom is 0.0814 e. The number of thioether (sulfide) groups is 1.